The minimum atomic E-state index is -0.0573. The molecule has 16 heavy (non-hydrogen) atoms. The van der Waals surface area contributed by atoms with Crippen LogP contribution < -0.4 is 10.1 Å². The molecule has 0 saturated carbocycles. The number of rotatable bonds is 3. The highest BCUT2D eigenvalue weighted by molar-refractivity contribution is 5.94. The SMILES string of the molecule is COc1ccc(C(=O)NC2CCOC2)cc1. The lowest BCUT2D eigenvalue weighted by atomic mass is 10.2. The van der Waals surface area contributed by atoms with Crippen LogP contribution in [0.15, 0.2) is 24.3 Å². The molecular weight excluding hydrogens is 206 g/mol. The molecule has 4 heteroatoms. The van der Waals surface area contributed by atoms with Crippen LogP contribution in [0.2, 0.25) is 0 Å². The standard InChI is InChI=1S/C12H15NO3/c1-15-11-4-2-9(3-5-11)12(14)13-10-6-7-16-8-10/h2-5,10H,6-8H2,1H3,(H,13,14). The van der Waals surface area contributed by atoms with Gasteiger partial charge in [-0.3, -0.25) is 4.79 Å². The number of benzene rings is 1. The van der Waals surface area contributed by atoms with Gasteiger partial charge < -0.3 is 14.8 Å². The molecule has 0 aliphatic carbocycles. The van der Waals surface area contributed by atoms with E-state index in [9.17, 15) is 4.79 Å². The number of amides is 1. The maximum absolute atomic E-state index is 11.8. The predicted octanol–water partition coefficient (Wildman–Crippen LogP) is 1.21. The molecule has 0 spiro atoms. The van der Waals surface area contributed by atoms with Crippen LogP contribution in [0, 0.1) is 0 Å². The van der Waals surface area contributed by atoms with E-state index in [1.54, 1.807) is 31.4 Å². The van der Waals surface area contributed by atoms with Crippen LogP contribution in [0.1, 0.15) is 16.8 Å². The summed E-state index contributed by atoms with van der Waals surface area (Å²) in [5.74, 6) is 0.693. The van der Waals surface area contributed by atoms with Gasteiger partial charge in [-0.15, -0.1) is 0 Å². The van der Waals surface area contributed by atoms with Gasteiger partial charge in [-0.25, -0.2) is 0 Å². The minimum Gasteiger partial charge on any atom is -0.497 e. The zero-order valence-corrected chi connectivity index (χ0v) is 9.23. The molecule has 1 fully saturated rings. The van der Waals surface area contributed by atoms with Gasteiger partial charge in [0.1, 0.15) is 5.75 Å². The smallest absolute Gasteiger partial charge is 0.251 e. The average molecular weight is 221 g/mol. The first-order chi connectivity index (χ1) is 7.79. The van der Waals surface area contributed by atoms with Gasteiger partial charge in [-0.1, -0.05) is 0 Å². The van der Waals surface area contributed by atoms with E-state index in [2.05, 4.69) is 5.32 Å². The lowest BCUT2D eigenvalue weighted by Crippen LogP contribution is -2.34. The molecule has 1 aromatic carbocycles. The predicted molar refractivity (Wildman–Crippen MR) is 59.7 cm³/mol. The Labute approximate surface area is 94.6 Å². The third-order valence-electron chi connectivity index (χ3n) is 2.62. The molecule has 0 radical (unpaired) electrons. The Morgan fingerprint density at radius 1 is 1.44 bits per heavy atom. The molecule has 1 heterocycles. The van der Waals surface area contributed by atoms with Crippen molar-refractivity contribution in [3.8, 4) is 5.75 Å². The molecule has 4 nitrogen and oxygen atoms in total. The minimum absolute atomic E-state index is 0.0573. The van der Waals surface area contributed by atoms with Crippen molar-refractivity contribution >= 4 is 5.91 Å². The van der Waals surface area contributed by atoms with Crippen molar-refractivity contribution in [3.63, 3.8) is 0 Å². The summed E-state index contributed by atoms with van der Waals surface area (Å²) in [5, 5.41) is 2.93. The molecule has 0 aromatic heterocycles. The Hall–Kier alpha value is -1.55. The van der Waals surface area contributed by atoms with Crippen molar-refractivity contribution in [1.29, 1.82) is 0 Å². The molecule has 1 aromatic rings. The first kappa shape index (κ1) is 11.0. The molecule has 1 atom stereocenters. The zero-order valence-electron chi connectivity index (χ0n) is 9.23. The van der Waals surface area contributed by atoms with Crippen molar-refractivity contribution in [2.24, 2.45) is 0 Å². The second-order valence-corrected chi connectivity index (χ2v) is 3.76. The Balaban J connectivity index is 1.97. The Morgan fingerprint density at radius 3 is 2.75 bits per heavy atom. The van der Waals surface area contributed by atoms with Crippen molar-refractivity contribution in [3.05, 3.63) is 29.8 Å². The quantitative estimate of drug-likeness (QED) is 0.834. The fourth-order valence-electron chi connectivity index (χ4n) is 1.66. The first-order valence-electron chi connectivity index (χ1n) is 5.32. The van der Waals surface area contributed by atoms with Gasteiger partial charge in [-0.2, -0.15) is 0 Å². The number of hydrogen-bond donors (Lipinski definition) is 1. The summed E-state index contributed by atoms with van der Waals surface area (Å²) in [4.78, 5) is 11.8. The fraction of sp³-hybridized carbons (Fsp3) is 0.417. The fourth-order valence-corrected chi connectivity index (χ4v) is 1.66. The monoisotopic (exact) mass is 221 g/mol. The van der Waals surface area contributed by atoms with Crippen LogP contribution in [0.25, 0.3) is 0 Å². The molecule has 1 amide bonds. The number of ether oxygens (including phenoxy) is 2. The highest BCUT2D eigenvalue weighted by Crippen LogP contribution is 2.12. The summed E-state index contributed by atoms with van der Waals surface area (Å²) >= 11 is 0. The van der Waals surface area contributed by atoms with Crippen LogP contribution in [-0.4, -0.2) is 32.3 Å². The van der Waals surface area contributed by atoms with E-state index in [1.807, 2.05) is 0 Å². The molecule has 1 unspecified atom stereocenters. The molecular formula is C12H15NO3. The second-order valence-electron chi connectivity index (χ2n) is 3.76. The van der Waals surface area contributed by atoms with Gasteiger partial charge >= 0.3 is 0 Å². The first-order valence-corrected chi connectivity index (χ1v) is 5.32. The van der Waals surface area contributed by atoms with Crippen molar-refractivity contribution in [1.82, 2.24) is 5.32 Å². The summed E-state index contributed by atoms with van der Waals surface area (Å²) in [6.45, 7) is 1.34. The highest BCUT2D eigenvalue weighted by Gasteiger charge is 2.18. The largest absolute Gasteiger partial charge is 0.497 e. The van der Waals surface area contributed by atoms with Crippen molar-refractivity contribution < 1.29 is 14.3 Å². The summed E-state index contributed by atoms with van der Waals surface area (Å²) in [7, 11) is 1.60. The Kier molecular flexibility index (Phi) is 3.41. The van der Waals surface area contributed by atoms with E-state index >= 15 is 0 Å². The summed E-state index contributed by atoms with van der Waals surface area (Å²) < 4.78 is 10.2. The van der Waals surface area contributed by atoms with Gasteiger partial charge in [0.25, 0.3) is 5.91 Å². The summed E-state index contributed by atoms with van der Waals surface area (Å²) in [6.07, 6.45) is 0.891. The normalized spacial score (nSPS) is 19.4. The topological polar surface area (TPSA) is 47.6 Å². The van der Waals surface area contributed by atoms with E-state index in [-0.39, 0.29) is 11.9 Å². The zero-order chi connectivity index (χ0) is 11.4. The lowest BCUT2D eigenvalue weighted by molar-refractivity contribution is 0.0930. The number of carbonyl (C=O) groups is 1. The van der Waals surface area contributed by atoms with E-state index < -0.39 is 0 Å². The van der Waals surface area contributed by atoms with Crippen LogP contribution in [-0.2, 0) is 4.74 Å². The van der Waals surface area contributed by atoms with E-state index in [1.165, 1.54) is 0 Å². The highest BCUT2D eigenvalue weighted by atomic mass is 16.5. The lowest BCUT2D eigenvalue weighted by Gasteiger charge is -2.10. The molecule has 0 bridgehead atoms. The van der Waals surface area contributed by atoms with Crippen LogP contribution >= 0.6 is 0 Å². The molecule has 2 rings (SSSR count). The Morgan fingerprint density at radius 2 is 2.19 bits per heavy atom. The molecule has 1 N–H and O–H groups in total. The van der Waals surface area contributed by atoms with E-state index in [0.29, 0.717) is 12.2 Å². The third kappa shape index (κ3) is 2.52. The van der Waals surface area contributed by atoms with E-state index in [0.717, 1.165) is 18.8 Å². The van der Waals surface area contributed by atoms with Gasteiger partial charge in [0, 0.05) is 12.2 Å². The van der Waals surface area contributed by atoms with Crippen LogP contribution in [0.5, 0.6) is 5.75 Å². The van der Waals surface area contributed by atoms with Gasteiger partial charge in [0.15, 0.2) is 0 Å². The summed E-state index contributed by atoms with van der Waals surface area (Å²) in [6, 6.07) is 7.21. The van der Waals surface area contributed by atoms with Gasteiger partial charge in [0.05, 0.1) is 19.8 Å². The average Bonchev–Trinajstić information content (AvgIpc) is 2.82. The number of carbonyl (C=O) groups excluding carboxylic acids is 1. The second kappa shape index (κ2) is 4.99. The van der Waals surface area contributed by atoms with E-state index in [4.69, 9.17) is 9.47 Å². The molecule has 1 aliphatic rings. The summed E-state index contributed by atoms with van der Waals surface area (Å²) in [5.41, 5.74) is 0.646. The van der Waals surface area contributed by atoms with Gasteiger partial charge in [0.2, 0.25) is 0 Å². The van der Waals surface area contributed by atoms with Crippen LogP contribution in [0.4, 0.5) is 0 Å². The maximum Gasteiger partial charge on any atom is 0.251 e. The number of methoxy groups -OCH3 is 1. The molecule has 1 saturated heterocycles. The third-order valence-corrected chi connectivity index (χ3v) is 2.62. The Bertz CT molecular complexity index is 355. The van der Waals surface area contributed by atoms with Crippen molar-refractivity contribution in [2.75, 3.05) is 20.3 Å². The van der Waals surface area contributed by atoms with Gasteiger partial charge in [-0.05, 0) is 30.7 Å². The van der Waals surface area contributed by atoms with Crippen molar-refractivity contribution in [2.45, 2.75) is 12.5 Å². The number of hydrogen-bond acceptors (Lipinski definition) is 3. The molecule has 1 aliphatic heterocycles. The molecule has 86 valence electrons. The maximum atomic E-state index is 11.8. The number of nitrogens with one attached hydrogen (secondary N) is 1. The van der Waals surface area contributed by atoms with Crippen LogP contribution in [0.3, 0.4) is 0 Å².